The molecule has 33 heavy (non-hydrogen) atoms. The molecule has 1 N–H and O–H groups in total. The van der Waals surface area contributed by atoms with Crippen LogP contribution >= 0.6 is 11.8 Å². The molecule has 0 unspecified atom stereocenters. The third-order valence-corrected chi connectivity index (χ3v) is 7.25. The fourth-order valence-corrected chi connectivity index (χ4v) is 5.60. The van der Waals surface area contributed by atoms with Gasteiger partial charge in [-0.25, -0.2) is 14.4 Å². The maximum absolute atomic E-state index is 13.6. The van der Waals surface area contributed by atoms with Crippen LogP contribution in [0.3, 0.4) is 0 Å². The van der Waals surface area contributed by atoms with Gasteiger partial charge in [0, 0.05) is 11.5 Å². The molecule has 1 amide bonds. The van der Waals surface area contributed by atoms with Crippen molar-refractivity contribution >= 4 is 34.4 Å². The van der Waals surface area contributed by atoms with Crippen LogP contribution < -0.4 is 0 Å². The molecule has 0 spiro atoms. The Hall–Kier alpha value is -3.45. The summed E-state index contributed by atoms with van der Waals surface area (Å²) in [4.78, 5) is 21.2. The number of rotatable bonds is 4. The van der Waals surface area contributed by atoms with E-state index in [0.29, 0.717) is 5.16 Å². The number of benzene rings is 3. The Bertz CT molecular complexity index is 1350. The van der Waals surface area contributed by atoms with E-state index in [4.69, 9.17) is 5.10 Å². The van der Waals surface area contributed by atoms with Gasteiger partial charge in [0.15, 0.2) is 5.16 Å². The highest BCUT2D eigenvalue weighted by Gasteiger charge is 2.43. The maximum atomic E-state index is 13.6. The molecule has 164 valence electrons. The molecular weight excluding hydrogens is 435 g/mol. The molecule has 1 aliphatic carbocycles. The molecule has 2 aliphatic rings. The van der Waals surface area contributed by atoms with Crippen molar-refractivity contribution in [2.75, 3.05) is 5.75 Å². The minimum Gasteiger partial charge on any atom is -0.333 e. The Morgan fingerprint density at radius 2 is 1.85 bits per heavy atom. The third-order valence-electron chi connectivity index (χ3n) is 6.40. The van der Waals surface area contributed by atoms with Gasteiger partial charge < -0.3 is 4.98 Å². The number of thioether (sulfide) groups is 1. The number of hydrogen-bond acceptors (Lipinski definition) is 4. The summed E-state index contributed by atoms with van der Waals surface area (Å²) in [5.74, 6) is -0.0762. The molecule has 0 saturated carbocycles. The van der Waals surface area contributed by atoms with Crippen LogP contribution in [-0.4, -0.2) is 32.3 Å². The van der Waals surface area contributed by atoms with Crippen LogP contribution in [0, 0.1) is 11.7 Å². The first kappa shape index (κ1) is 20.2. The molecule has 5 nitrogen and oxygen atoms in total. The first-order valence-electron chi connectivity index (χ1n) is 11.0. The first-order valence-corrected chi connectivity index (χ1v) is 12.0. The molecule has 0 radical (unpaired) electrons. The molecule has 7 heteroatoms. The van der Waals surface area contributed by atoms with Gasteiger partial charge in [-0.05, 0) is 48.2 Å². The van der Waals surface area contributed by atoms with Crippen molar-refractivity contribution in [2.24, 2.45) is 11.0 Å². The number of carbonyl (C=O) groups excluding carboxylic acids is 1. The van der Waals surface area contributed by atoms with E-state index in [2.05, 4.69) is 22.1 Å². The number of amides is 1. The summed E-state index contributed by atoms with van der Waals surface area (Å²) in [6.45, 7) is 0. The van der Waals surface area contributed by atoms with Gasteiger partial charge in [-0.2, -0.15) is 5.10 Å². The normalized spacial score (nSPS) is 19.3. The minimum absolute atomic E-state index is 0.0884. The molecule has 4 aromatic rings. The van der Waals surface area contributed by atoms with Crippen LogP contribution in [0.25, 0.3) is 11.0 Å². The van der Waals surface area contributed by atoms with Gasteiger partial charge in [-0.1, -0.05) is 60.3 Å². The second-order valence-electron chi connectivity index (χ2n) is 8.37. The summed E-state index contributed by atoms with van der Waals surface area (Å²) in [7, 11) is 0. The van der Waals surface area contributed by atoms with E-state index < -0.39 is 0 Å². The monoisotopic (exact) mass is 456 g/mol. The average Bonchev–Trinajstić information content (AvgIpc) is 3.44. The third kappa shape index (κ3) is 3.62. The molecule has 1 aromatic heterocycles. The first-order chi connectivity index (χ1) is 16.2. The van der Waals surface area contributed by atoms with Crippen LogP contribution in [0.5, 0.6) is 0 Å². The van der Waals surface area contributed by atoms with E-state index in [1.54, 1.807) is 17.1 Å². The van der Waals surface area contributed by atoms with Crippen LogP contribution in [0.15, 0.2) is 83.1 Å². The number of nitrogens with one attached hydrogen (secondary N) is 1. The Morgan fingerprint density at radius 3 is 2.70 bits per heavy atom. The summed E-state index contributed by atoms with van der Waals surface area (Å²) in [5, 5.41) is 7.17. The van der Waals surface area contributed by atoms with Crippen molar-refractivity contribution in [3.8, 4) is 0 Å². The van der Waals surface area contributed by atoms with E-state index >= 15 is 0 Å². The quantitative estimate of drug-likeness (QED) is 0.422. The van der Waals surface area contributed by atoms with Crippen LogP contribution in [0.4, 0.5) is 4.39 Å². The van der Waals surface area contributed by atoms with Gasteiger partial charge in [0.05, 0.1) is 28.5 Å². The molecule has 6 rings (SSSR count). The number of aromatic nitrogens is 2. The van der Waals surface area contributed by atoms with Gasteiger partial charge in [-0.15, -0.1) is 0 Å². The molecule has 3 aromatic carbocycles. The number of para-hydroxylation sites is 2. The number of H-pyrrole nitrogens is 1. The highest BCUT2D eigenvalue weighted by molar-refractivity contribution is 7.99. The summed E-state index contributed by atoms with van der Waals surface area (Å²) < 4.78 is 13.6. The van der Waals surface area contributed by atoms with Crippen molar-refractivity contribution in [3.05, 3.63) is 95.3 Å². The fourth-order valence-electron chi connectivity index (χ4n) is 4.86. The lowest BCUT2D eigenvalue weighted by Gasteiger charge is -2.29. The molecule has 2 heterocycles. The lowest BCUT2D eigenvalue weighted by Crippen LogP contribution is -2.33. The van der Waals surface area contributed by atoms with Gasteiger partial charge in [0.25, 0.3) is 5.91 Å². The smallest absolute Gasteiger partial charge is 0.253 e. The zero-order valence-corrected chi connectivity index (χ0v) is 18.6. The van der Waals surface area contributed by atoms with Crippen molar-refractivity contribution in [1.29, 1.82) is 0 Å². The molecule has 0 bridgehead atoms. The second-order valence-corrected chi connectivity index (χ2v) is 9.33. The minimum atomic E-state index is -0.287. The van der Waals surface area contributed by atoms with Gasteiger partial charge in [-0.3, -0.25) is 4.79 Å². The SMILES string of the molecule is O=C(CSc1nc2ccccc2[nH]1)N1N=C2c3ccccc3CC[C@@H]2[C@@H]1c1ccc(F)cc1. The molecule has 0 saturated heterocycles. The van der Waals surface area contributed by atoms with Gasteiger partial charge in [0.1, 0.15) is 5.82 Å². The fraction of sp³-hybridized carbons (Fsp3) is 0.192. The van der Waals surface area contributed by atoms with Crippen molar-refractivity contribution in [3.63, 3.8) is 0 Å². The van der Waals surface area contributed by atoms with Crippen molar-refractivity contribution in [2.45, 2.75) is 24.0 Å². The largest absolute Gasteiger partial charge is 0.333 e. The lowest BCUT2D eigenvalue weighted by atomic mass is 9.77. The number of halogens is 1. The van der Waals surface area contributed by atoms with Crippen LogP contribution in [-0.2, 0) is 11.2 Å². The van der Waals surface area contributed by atoms with E-state index in [0.717, 1.165) is 40.7 Å². The molecular formula is C26H21FN4OS. The standard InChI is InChI=1S/C26H21FN4OS/c27-18-12-9-17(10-13-18)25-20-14-11-16-5-1-2-6-19(16)24(20)30-31(25)23(32)15-33-26-28-21-7-3-4-8-22(21)29-26/h1-10,12-13,20,25H,11,14-15H2,(H,28,29)/t20-,25-/m0/s1. The zero-order valence-electron chi connectivity index (χ0n) is 17.7. The topological polar surface area (TPSA) is 61.4 Å². The number of aromatic amines is 1. The Kier molecular flexibility index (Phi) is 4.99. The number of hydrazone groups is 1. The van der Waals surface area contributed by atoms with Gasteiger partial charge in [0.2, 0.25) is 0 Å². The summed E-state index contributed by atoms with van der Waals surface area (Å²) in [6, 6.07) is 22.3. The number of fused-ring (bicyclic) bond motifs is 4. The lowest BCUT2D eigenvalue weighted by molar-refractivity contribution is -0.130. The zero-order chi connectivity index (χ0) is 22.4. The summed E-state index contributed by atoms with van der Waals surface area (Å²) in [5.41, 5.74) is 6.05. The Balaban J connectivity index is 1.31. The van der Waals surface area contributed by atoms with Crippen LogP contribution in [0.1, 0.15) is 29.2 Å². The van der Waals surface area contributed by atoms with E-state index in [9.17, 15) is 9.18 Å². The average molecular weight is 457 g/mol. The van der Waals surface area contributed by atoms with E-state index in [1.807, 2.05) is 36.4 Å². The predicted octanol–water partition coefficient (Wildman–Crippen LogP) is 5.34. The Labute approximate surface area is 194 Å². The van der Waals surface area contributed by atoms with Gasteiger partial charge >= 0.3 is 0 Å². The maximum Gasteiger partial charge on any atom is 0.253 e. The molecule has 2 atom stereocenters. The van der Waals surface area contributed by atoms with Crippen molar-refractivity contribution < 1.29 is 9.18 Å². The summed E-state index contributed by atoms with van der Waals surface area (Å²) >= 11 is 1.37. The number of imidazole rings is 1. The highest BCUT2D eigenvalue weighted by atomic mass is 32.2. The number of nitrogens with zero attached hydrogens (tertiary/aromatic N) is 3. The highest BCUT2D eigenvalue weighted by Crippen LogP contribution is 2.43. The Morgan fingerprint density at radius 1 is 1.06 bits per heavy atom. The second kappa shape index (κ2) is 8.15. The molecule has 1 aliphatic heterocycles. The number of aryl methyl sites for hydroxylation is 1. The van der Waals surface area contributed by atoms with Crippen molar-refractivity contribution in [1.82, 2.24) is 15.0 Å². The summed E-state index contributed by atoms with van der Waals surface area (Å²) in [6.07, 6.45) is 1.84. The van der Waals surface area contributed by atoms with E-state index in [1.165, 1.54) is 29.5 Å². The number of hydrogen-bond donors (Lipinski definition) is 1. The van der Waals surface area contributed by atoms with Crippen LogP contribution in [0.2, 0.25) is 0 Å². The van der Waals surface area contributed by atoms with E-state index in [-0.39, 0.29) is 29.4 Å². The predicted molar refractivity (Wildman–Crippen MR) is 128 cm³/mol. The molecule has 0 fully saturated rings. The number of carbonyl (C=O) groups is 1.